The molecule has 0 heterocycles. The van der Waals surface area contributed by atoms with Crippen molar-refractivity contribution >= 4 is 17.2 Å². The molecule has 0 nitrogen and oxygen atoms in total. The number of allylic oxidation sites excluding steroid dienone is 4. The maximum absolute atomic E-state index is 2.57. The van der Waals surface area contributed by atoms with Crippen molar-refractivity contribution in [3.63, 3.8) is 0 Å². The fourth-order valence-corrected chi connectivity index (χ4v) is 8.10. The summed E-state index contributed by atoms with van der Waals surface area (Å²) < 4.78 is 0. The van der Waals surface area contributed by atoms with Crippen molar-refractivity contribution < 1.29 is 0 Å². The van der Waals surface area contributed by atoms with Gasteiger partial charge in [0.15, 0.2) is 0 Å². The summed E-state index contributed by atoms with van der Waals surface area (Å²) in [5, 5.41) is 2.82. The van der Waals surface area contributed by atoms with Gasteiger partial charge in [-0.2, -0.15) is 0 Å². The van der Waals surface area contributed by atoms with Gasteiger partial charge in [-0.05, 0) is 131 Å². The van der Waals surface area contributed by atoms with Crippen LogP contribution in [0.1, 0.15) is 119 Å². The van der Waals surface area contributed by atoms with E-state index in [1.54, 1.807) is 16.7 Å². The quantitative estimate of drug-likeness (QED) is 0.185. The van der Waals surface area contributed by atoms with Gasteiger partial charge in [-0.3, -0.25) is 0 Å². The van der Waals surface area contributed by atoms with Crippen molar-refractivity contribution in [1.29, 1.82) is 0 Å². The van der Waals surface area contributed by atoms with Gasteiger partial charge in [-0.1, -0.05) is 141 Å². The molecule has 0 saturated carbocycles. The number of rotatable bonds is 6. The molecule has 2 aliphatic rings. The summed E-state index contributed by atoms with van der Waals surface area (Å²) in [6.07, 6.45) is 13.6. The second-order valence-corrected chi connectivity index (χ2v) is 14.9. The largest absolute Gasteiger partial charge is 0.0801 e. The summed E-state index contributed by atoms with van der Waals surface area (Å²) in [4.78, 5) is 0. The van der Waals surface area contributed by atoms with E-state index in [9.17, 15) is 0 Å². The summed E-state index contributed by atoms with van der Waals surface area (Å²) in [5.41, 5.74) is 18.9. The van der Waals surface area contributed by atoms with Gasteiger partial charge in [0.2, 0.25) is 0 Å². The molecule has 0 fully saturated rings. The molecule has 0 heteroatoms. The lowest BCUT2D eigenvalue weighted by Crippen LogP contribution is -2.32. The lowest BCUT2D eigenvalue weighted by molar-refractivity contribution is 0.580. The van der Waals surface area contributed by atoms with Gasteiger partial charge in [0.1, 0.15) is 0 Å². The molecule has 0 unspecified atom stereocenters. The Morgan fingerprint density at radius 3 is 1.69 bits per heavy atom. The second kappa shape index (κ2) is 11.8. The summed E-state index contributed by atoms with van der Waals surface area (Å²) in [6.45, 7) is 21.5. The van der Waals surface area contributed by atoms with E-state index in [2.05, 4.69) is 153 Å². The Labute approximate surface area is 271 Å². The SMILES string of the molecule is CCc1c(CC)c(C(C)(C)C)c(C2=CC=CC2)c2c1-c1c(CC)c(=C(c3ccccc3)c3ccccc3)c(C(C)(C)C)cc1=C2. The van der Waals surface area contributed by atoms with Crippen LogP contribution in [0.3, 0.4) is 0 Å². The highest BCUT2D eigenvalue weighted by atomic mass is 14.4. The van der Waals surface area contributed by atoms with Gasteiger partial charge in [-0.15, -0.1) is 0 Å². The summed E-state index contributed by atoms with van der Waals surface area (Å²) in [5.74, 6) is 0. The van der Waals surface area contributed by atoms with Crippen molar-refractivity contribution in [2.24, 2.45) is 0 Å². The molecule has 0 aliphatic heterocycles. The first-order chi connectivity index (χ1) is 21.5. The molecule has 0 radical (unpaired) electrons. The fourth-order valence-electron chi connectivity index (χ4n) is 8.10. The minimum absolute atomic E-state index is 0.0365. The lowest BCUT2D eigenvalue weighted by Gasteiger charge is -2.32. The first-order valence-electron chi connectivity index (χ1n) is 17.1. The van der Waals surface area contributed by atoms with Gasteiger partial charge in [0.05, 0.1) is 0 Å². The molecular weight excluding hydrogens is 540 g/mol. The van der Waals surface area contributed by atoms with Crippen LogP contribution in [0.2, 0.25) is 0 Å². The van der Waals surface area contributed by atoms with Crippen LogP contribution in [-0.2, 0) is 30.1 Å². The van der Waals surface area contributed by atoms with Gasteiger partial charge >= 0.3 is 0 Å². The van der Waals surface area contributed by atoms with E-state index in [-0.39, 0.29) is 10.8 Å². The third-order valence-corrected chi connectivity index (χ3v) is 9.85. The maximum atomic E-state index is 2.57. The van der Waals surface area contributed by atoms with E-state index in [1.807, 2.05) is 0 Å². The number of fused-ring (bicyclic) bond motifs is 3. The van der Waals surface area contributed by atoms with Gasteiger partial charge in [0.25, 0.3) is 0 Å². The molecule has 230 valence electrons. The molecule has 0 amide bonds. The highest BCUT2D eigenvalue weighted by molar-refractivity contribution is 5.96. The average molecular weight is 591 g/mol. The van der Waals surface area contributed by atoms with Crippen LogP contribution >= 0.6 is 0 Å². The third kappa shape index (κ3) is 5.27. The molecule has 0 aromatic heterocycles. The lowest BCUT2D eigenvalue weighted by atomic mass is 9.72. The van der Waals surface area contributed by atoms with E-state index in [4.69, 9.17) is 0 Å². The van der Waals surface area contributed by atoms with Crippen LogP contribution in [0.5, 0.6) is 0 Å². The van der Waals surface area contributed by atoms with Gasteiger partial charge < -0.3 is 0 Å². The highest BCUT2D eigenvalue weighted by Gasteiger charge is 2.34. The summed E-state index contributed by atoms with van der Waals surface area (Å²) in [7, 11) is 0. The van der Waals surface area contributed by atoms with Crippen LogP contribution in [0, 0.1) is 0 Å². The standard InChI is InChI=1S/C45H50/c1-10-33-34(11-2)43(45(7,8)9)40(31-25-19-20-26-31)36-27-32-28-37(44(4,5)6)42(35(12-3)39(32)41(33)36)38(29-21-15-13-16-22-29)30-23-17-14-18-24-30/h13-25,27-28H,10-12,26H2,1-9H3. The molecule has 6 rings (SSSR count). The number of benzene rings is 4. The predicted octanol–water partition coefficient (Wildman–Crippen LogP) is 10.4. The van der Waals surface area contributed by atoms with E-state index in [0.29, 0.717) is 0 Å². The number of hydrogen-bond donors (Lipinski definition) is 0. The minimum Gasteiger partial charge on any atom is -0.0801 e. The Balaban J connectivity index is 1.88. The van der Waals surface area contributed by atoms with Crippen LogP contribution in [0.4, 0.5) is 0 Å². The third-order valence-electron chi connectivity index (χ3n) is 9.85. The Morgan fingerprint density at radius 1 is 0.644 bits per heavy atom. The second-order valence-electron chi connectivity index (χ2n) is 14.9. The Bertz CT molecular complexity index is 1910. The topological polar surface area (TPSA) is 0 Å². The monoisotopic (exact) mass is 590 g/mol. The van der Waals surface area contributed by atoms with Crippen molar-refractivity contribution in [3.8, 4) is 11.1 Å². The highest BCUT2D eigenvalue weighted by Crippen LogP contribution is 2.47. The van der Waals surface area contributed by atoms with Crippen LogP contribution in [-0.4, -0.2) is 0 Å². The normalized spacial score (nSPS) is 13.8. The first-order valence-corrected chi connectivity index (χ1v) is 17.1. The van der Waals surface area contributed by atoms with E-state index >= 15 is 0 Å². The van der Waals surface area contributed by atoms with Gasteiger partial charge in [-0.25, -0.2) is 0 Å². The minimum atomic E-state index is -0.0365. The molecular formula is C45H50. The molecule has 0 N–H and O–H groups in total. The maximum Gasteiger partial charge on any atom is -0.00329 e. The average Bonchev–Trinajstić information content (AvgIpc) is 3.68. The molecule has 2 aliphatic carbocycles. The van der Waals surface area contributed by atoms with Crippen LogP contribution in [0.25, 0.3) is 28.3 Å². The molecule has 45 heavy (non-hydrogen) atoms. The molecule has 0 spiro atoms. The number of hydrogen-bond acceptors (Lipinski definition) is 0. The smallest absolute Gasteiger partial charge is 0.00329 e. The summed E-state index contributed by atoms with van der Waals surface area (Å²) >= 11 is 0. The van der Waals surface area contributed by atoms with Crippen LogP contribution in [0.15, 0.2) is 85.0 Å². The first kappa shape index (κ1) is 31.1. The molecule has 0 bridgehead atoms. The fraction of sp³-hybridized carbons (Fsp3) is 0.333. The van der Waals surface area contributed by atoms with Crippen molar-refractivity contribution in [2.75, 3.05) is 0 Å². The summed E-state index contributed by atoms with van der Waals surface area (Å²) in [6, 6.07) is 24.7. The zero-order chi connectivity index (χ0) is 32.1. The molecule has 0 atom stereocenters. The van der Waals surface area contributed by atoms with E-state index in [0.717, 1.165) is 25.7 Å². The Hall–Kier alpha value is -3.90. The van der Waals surface area contributed by atoms with E-state index in [1.165, 1.54) is 66.1 Å². The Kier molecular flexibility index (Phi) is 8.15. The van der Waals surface area contributed by atoms with E-state index < -0.39 is 0 Å². The van der Waals surface area contributed by atoms with Crippen molar-refractivity contribution in [2.45, 2.75) is 98.8 Å². The van der Waals surface area contributed by atoms with Crippen molar-refractivity contribution in [3.05, 3.63) is 145 Å². The predicted molar refractivity (Wildman–Crippen MR) is 196 cm³/mol. The molecule has 4 aromatic rings. The van der Waals surface area contributed by atoms with Crippen LogP contribution < -0.4 is 10.4 Å². The zero-order valence-corrected chi connectivity index (χ0v) is 29.0. The van der Waals surface area contributed by atoms with Crippen molar-refractivity contribution in [1.82, 2.24) is 0 Å². The Morgan fingerprint density at radius 2 is 1.22 bits per heavy atom. The van der Waals surface area contributed by atoms with Gasteiger partial charge in [0, 0.05) is 0 Å². The molecule has 4 aromatic carbocycles. The molecule has 0 saturated heterocycles. The zero-order valence-electron chi connectivity index (χ0n) is 29.0.